The van der Waals surface area contributed by atoms with Crippen LogP contribution in [0.1, 0.15) is 37.0 Å². The SMILES string of the molecule is C=CC=CC(=CCCOc1nccc(C(N)c2nc3cccnc3s2)n1)CN1CC(C)OC(C)C1. The second-order valence-electron chi connectivity index (χ2n) is 8.58. The zero-order valence-electron chi connectivity index (χ0n) is 20.2. The van der Waals surface area contributed by atoms with Crippen molar-refractivity contribution >= 4 is 21.7 Å². The van der Waals surface area contributed by atoms with Gasteiger partial charge in [-0.25, -0.2) is 15.0 Å². The summed E-state index contributed by atoms with van der Waals surface area (Å²) in [6, 6.07) is 5.43. The van der Waals surface area contributed by atoms with Crippen LogP contribution in [-0.4, -0.2) is 63.3 Å². The van der Waals surface area contributed by atoms with E-state index in [0.717, 1.165) is 41.4 Å². The van der Waals surface area contributed by atoms with Crippen LogP contribution in [0.5, 0.6) is 6.01 Å². The lowest BCUT2D eigenvalue weighted by Crippen LogP contribution is -2.45. The maximum absolute atomic E-state index is 6.43. The second kappa shape index (κ2) is 12.1. The number of morpholine rings is 1. The highest BCUT2D eigenvalue weighted by atomic mass is 32.1. The lowest BCUT2D eigenvalue weighted by Gasteiger charge is -2.35. The normalized spacial score (nSPS) is 20.4. The monoisotopic (exact) mass is 492 g/mol. The van der Waals surface area contributed by atoms with E-state index in [2.05, 4.69) is 57.4 Å². The van der Waals surface area contributed by atoms with Crippen molar-refractivity contribution in [3.8, 4) is 6.01 Å². The van der Waals surface area contributed by atoms with Crippen LogP contribution in [0.15, 0.2) is 67.0 Å². The summed E-state index contributed by atoms with van der Waals surface area (Å²) in [6.07, 6.45) is 12.7. The van der Waals surface area contributed by atoms with Crippen molar-refractivity contribution in [1.29, 1.82) is 0 Å². The van der Waals surface area contributed by atoms with Gasteiger partial charge < -0.3 is 15.2 Å². The summed E-state index contributed by atoms with van der Waals surface area (Å²) in [7, 11) is 0. The minimum atomic E-state index is -0.464. The summed E-state index contributed by atoms with van der Waals surface area (Å²) < 4.78 is 11.7. The van der Waals surface area contributed by atoms with Crippen LogP contribution < -0.4 is 10.5 Å². The highest BCUT2D eigenvalue weighted by molar-refractivity contribution is 7.18. The van der Waals surface area contributed by atoms with Gasteiger partial charge in [-0.15, -0.1) is 0 Å². The fourth-order valence-electron chi connectivity index (χ4n) is 4.09. The van der Waals surface area contributed by atoms with Crippen LogP contribution in [0.4, 0.5) is 0 Å². The molecule has 0 spiro atoms. The van der Waals surface area contributed by atoms with Gasteiger partial charge in [0, 0.05) is 38.4 Å². The van der Waals surface area contributed by atoms with E-state index in [9.17, 15) is 0 Å². The molecule has 3 unspecified atom stereocenters. The Hall–Kier alpha value is -2.98. The number of nitrogens with zero attached hydrogens (tertiary/aromatic N) is 5. The number of hydrogen-bond acceptors (Lipinski definition) is 9. The van der Waals surface area contributed by atoms with Crippen LogP contribution in [0, 0.1) is 0 Å². The first kappa shape index (κ1) is 25.1. The fourth-order valence-corrected chi connectivity index (χ4v) is 5.01. The summed E-state index contributed by atoms with van der Waals surface area (Å²) in [4.78, 5) is 21.0. The van der Waals surface area contributed by atoms with Crippen molar-refractivity contribution in [2.75, 3.05) is 26.2 Å². The van der Waals surface area contributed by atoms with Crippen molar-refractivity contribution in [2.45, 2.75) is 38.5 Å². The number of aromatic nitrogens is 4. The number of ether oxygens (including phenoxy) is 2. The smallest absolute Gasteiger partial charge is 0.316 e. The predicted molar refractivity (Wildman–Crippen MR) is 139 cm³/mol. The Morgan fingerprint density at radius 1 is 1.26 bits per heavy atom. The Labute approximate surface area is 210 Å². The molecule has 2 N–H and O–H groups in total. The summed E-state index contributed by atoms with van der Waals surface area (Å²) in [5.74, 6) is 0. The predicted octanol–water partition coefficient (Wildman–Crippen LogP) is 4.08. The highest BCUT2D eigenvalue weighted by Gasteiger charge is 2.22. The van der Waals surface area contributed by atoms with E-state index >= 15 is 0 Å². The number of allylic oxidation sites excluding steroid dienone is 2. The van der Waals surface area contributed by atoms with Crippen LogP contribution in [0.3, 0.4) is 0 Å². The Balaban J connectivity index is 1.35. The molecular weight excluding hydrogens is 460 g/mol. The molecule has 8 nitrogen and oxygen atoms in total. The van der Waals surface area contributed by atoms with Gasteiger partial charge in [0.15, 0.2) is 0 Å². The molecule has 4 heterocycles. The number of nitrogens with two attached hydrogens (primary N) is 1. The molecule has 3 atom stereocenters. The van der Waals surface area contributed by atoms with Gasteiger partial charge in [0.25, 0.3) is 0 Å². The lowest BCUT2D eigenvalue weighted by atomic mass is 10.1. The van der Waals surface area contributed by atoms with Crippen LogP contribution in [0.2, 0.25) is 0 Å². The summed E-state index contributed by atoms with van der Waals surface area (Å²) in [5.41, 5.74) is 9.15. The molecule has 0 aromatic carbocycles. The fraction of sp³-hybridized carbons (Fsp3) is 0.385. The molecule has 1 aliphatic heterocycles. The molecule has 0 bridgehead atoms. The van der Waals surface area contributed by atoms with Gasteiger partial charge in [0.2, 0.25) is 0 Å². The molecule has 1 aliphatic rings. The van der Waals surface area contributed by atoms with Crippen molar-refractivity contribution in [3.63, 3.8) is 0 Å². The van der Waals surface area contributed by atoms with E-state index < -0.39 is 6.04 Å². The van der Waals surface area contributed by atoms with Crippen LogP contribution in [0.25, 0.3) is 10.3 Å². The van der Waals surface area contributed by atoms with Crippen molar-refractivity contribution < 1.29 is 9.47 Å². The standard InChI is InChI=1S/C26H32N6O2S/c1-4-5-8-20(17-32-15-18(2)34-19(3)16-32)9-7-14-33-26-29-13-11-21(31-26)23(27)25-30-22-10-6-12-28-24(22)35-25/h4-6,8-13,18-19,23H,1,7,14-17,27H2,2-3H3. The molecule has 0 amide bonds. The molecule has 3 aromatic rings. The maximum Gasteiger partial charge on any atom is 0.316 e. The van der Waals surface area contributed by atoms with Gasteiger partial charge in [0.05, 0.1) is 24.5 Å². The Morgan fingerprint density at radius 2 is 2.09 bits per heavy atom. The number of thiazole rings is 1. The number of hydrogen-bond donors (Lipinski definition) is 1. The first-order valence-corrected chi connectivity index (χ1v) is 12.6. The largest absolute Gasteiger partial charge is 0.463 e. The van der Waals surface area contributed by atoms with Gasteiger partial charge in [-0.05, 0) is 37.6 Å². The molecule has 0 aliphatic carbocycles. The minimum Gasteiger partial charge on any atom is -0.463 e. The quantitative estimate of drug-likeness (QED) is 0.334. The molecule has 35 heavy (non-hydrogen) atoms. The van der Waals surface area contributed by atoms with Gasteiger partial charge >= 0.3 is 6.01 Å². The van der Waals surface area contributed by atoms with E-state index in [-0.39, 0.29) is 12.2 Å². The van der Waals surface area contributed by atoms with E-state index in [1.165, 1.54) is 16.9 Å². The molecular formula is C26H32N6O2S. The third-order valence-corrected chi connectivity index (χ3v) is 6.59. The minimum absolute atomic E-state index is 0.238. The van der Waals surface area contributed by atoms with Gasteiger partial charge in [0.1, 0.15) is 21.4 Å². The molecule has 9 heteroatoms. The third-order valence-electron chi connectivity index (χ3n) is 5.53. The molecule has 0 saturated carbocycles. The van der Waals surface area contributed by atoms with E-state index in [4.69, 9.17) is 15.2 Å². The summed E-state index contributed by atoms with van der Waals surface area (Å²) >= 11 is 1.47. The zero-order valence-corrected chi connectivity index (χ0v) is 21.0. The number of rotatable bonds is 10. The van der Waals surface area contributed by atoms with Gasteiger partial charge in [-0.2, -0.15) is 4.98 Å². The molecule has 1 saturated heterocycles. The van der Waals surface area contributed by atoms with Crippen LogP contribution >= 0.6 is 11.3 Å². The average molecular weight is 493 g/mol. The van der Waals surface area contributed by atoms with Crippen molar-refractivity contribution in [3.05, 3.63) is 77.8 Å². The topological polar surface area (TPSA) is 99.3 Å². The summed E-state index contributed by atoms with van der Waals surface area (Å²) in [5, 5.41) is 0.761. The summed E-state index contributed by atoms with van der Waals surface area (Å²) in [6.45, 7) is 11.2. The zero-order chi connectivity index (χ0) is 24.6. The van der Waals surface area contributed by atoms with Gasteiger partial charge in [-0.1, -0.05) is 42.2 Å². The molecule has 3 aromatic heterocycles. The Bertz CT molecular complexity index is 1150. The molecule has 0 radical (unpaired) electrons. The van der Waals surface area contributed by atoms with Crippen molar-refractivity contribution in [2.24, 2.45) is 5.73 Å². The third kappa shape index (κ3) is 7.02. The number of pyridine rings is 1. The average Bonchev–Trinajstić information content (AvgIpc) is 3.28. The van der Waals surface area contributed by atoms with Crippen molar-refractivity contribution in [1.82, 2.24) is 24.8 Å². The first-order chi connectivity index (χ1) is 17.0. The van der Waals surface area contributed by atoms with E-state index in [1.807, 2.05) is 18.2 Å². The highest BCUT2D eigenvalue weighted by Crippen LogP contribution is 2.27. The molecule has 1 fully saturated rings. The first-order valence-electron chi connectivity index (χ1n) is 11.8. The lowest BCUT2D eigenvalue weighted by molar-refractivity contribution is -0.0651. The Morgan fingerprint density at radius 3 is 2.86 bits per heavy atom. The second-order valence-corrected chi connectivity index (χ2v) is 9.59. The van der Waals surface area contributed by atoms with Gasteiger partial charge in [-0.3, -0.25) is 4.90 Å². The van der Waals surface area contributed by atoms with E-state index in [1.54, 1.807) is 24.5 Å². The van der Waals surface area contributed by atoms with E-state index in [0.29, 0.717) is 18.3 Å². The molecule has 4 rings (SSSR count). The van der Waals surface area contributed by atoms with Crippen LogP contribution in [-0.2, 0) is 4.74 Å². The number of fused-ring (bicyclic) bond motifs is 1. The molecule has 184 valence electrons. The Kier molecular flexibility index (Phi) is 8.70. The maximum atomic E-state index is 6.43.